The average molecular weight is 495 g/mol. The molecule has 0 spiro atoms. The molecule has 184 valence electrons. The predicted molar refractivity (Wildman–Crippen MR) is 129 cm³/mol. The van der Waals surface area contributed by atoms with Crippen molar-refractivity contribution in [2.24, 2.45) is 0 Å². The molecule has 0 atom stereocenters. The maximum atomic E-state index is 13.5. The summed E-state index contributed by atoms with van der Waals surface area (Å²) < 4.78 is 52.3. The molecule has 10 heteroatoms. The molecule has 2 heterocycles. The van der Waals surface area contributed by atoms with Crippen molar-refractivity contribution in [3.05, 3.63) is 84.2 Å². The van der Waals surface area contributed by atoms with Crippen molar-refractivity contribution in [2.45, 2.75) is 6.18 Å². The number of urea groups is 1. The summed E-state index contributed by atoms with van der Waals surface area (Å²) in [5.74, 6) is -0.713. The van der Waals surface area contributed by atoms with Crippen LogP contribution in [0.15, 0.2) is 72.8 Å². The molecule has 1 saturated heterocycles. The number of hydrogen-bond acceptors (Lipinski definition) is 4. The van der Waals surface area contributed by atoms with Gasteiger partial charge in [0.1, 0.15) is 5.82 Å². The maximum absolute atomic E-state index is 13.5. The van der Waals surface area contributed by atoms with Crippen LogP contribution in [-0.2, 0) is 6.18 Å². The number of amides is 2. The smallest absolute Gasteiger partial charge is 0.352 e. The molecule has 1 N–H and O–H groups in total. The molecule has 3 aromatic carbocycles. The normalized spacial score (nSPS) is 14.2. The molecule has 0 saturated carbocycles. The predicted octanol–water partition coefficient (Wildman–Crippen LogP) is 5.81. The van der Waals surface area contributed by atoms with E-state index in [9.17, 15) is 22.4 Å². The number of alkyl halides is 3. The number of carbonyl (C=O) groups excluding carboxylic acids is 1. The number of aromatic nitrogens is 2. The molecule has 1 aliphatic rings. The van der Waals surface area contributed by atoms with E-state index in [4.69, 9.17) is 0 Å². The SMILES string of the molecule is O=C(Nc1ccc(F)c(C(F)(F)F)c1)N1CCN(c2ccc(-c3ccc4ccccc4c3)nn2)CC1. The molecule has 2 amide bonds. The molecule has 36 heavy (non-hydrogen) atoms. The van der Waals surface area contributed by atoms with Crippen LogP contribution in [0, 0.1) is 5.82 Å². The lowest BCUT2D eigenvalue weighted by atomic mass is 10.1. The molecule has 0 bridgehead atoms. The van der Waals surface area contributed by atoms with Crippen LogP contribution in [0.25, 0.3) is 22.0 Å². The average Bonchev–Trinajstić information content (AvgIpc) is 2.89. The van der Waals surface area contributed by atoms with Gasteiger partial charge in [-0.1, -0.05) is 36.4 Å². The van der Waals surface area contributed by atoms with Gasteiger partial charge in [0.05, 0.1) is 11.3 Å². The molecule has 5 rings (SSSR count). The van der Waals surface area contributed by atoms with Crippen LogP contribution in [0.4, 0.5) is 33.9 Å². The maximum Gasteiger partial charge on any atom is 0.419 e. The van der Waals surface area contributed by atoms with E-state index in [0.29, 0.717) is 44.1 Å². The van der Waals surface area contributed by atoms with Crippen molar-refractivity contribution in [2.75, 3.05) is 36.4 Å². The lowest BCUT2D eigenvalue weighted by Crippen LogP contribution is -2.50. The van der Waals surface area contributed by atoms with Gasteiger partial charge in [0, 0.05) is 37.4 Å². The first kappa shape index (κ1) is 23.5. The summed E-state index contributed by atoms with van der Waals surface area (Å²) in [5, 5.41) is 13.4. The quantitative estimate of drug-likeness (QED) is 0.365. The zero-order chi connectivity index (χ0) is 25.3. The summed E-state index contributed by atoms with van der Waals surface area (Å²) in [6.07, 6.45) is -4.85. The Bertz CT molecular complexity index is 1400. The highest BCUT2D eigenvalue weighted by Crippen LogP contribution is 2.33. The van der Waals surface area contributed by atoms with E-state index in [2.05, 4.69) is 21.6 Å². The zero-order valence-corrected chi connectivity index (χ0v) is 19.0. The summed E-state index contributed by atoms with van der Waals surface area (Å²) in [7, 11) is 0. The van der Waals surface area contributed by atoms with E-state index in [-0.39, 0.29) is 5.69 Å². The second-order valence-electron chi connectivity index (χ2n) is 8.44. The van der Waals surface area contributed by atoms with Crippen molar-refractivity contribution in [3.63, 3.8) is 0 Å². The number of fused-ring (bicyclic) bond motifs is 1. The Morgan fingerprint density at radius 1 is 0.833 bits per heavy atom. The monoisotopic (exact) mass is 495 g/mol. The van der Waals surface area contributed by atoms with Crippen molar-refractivity contribution >= 4 is 28.3 Å². The lowest BCUT2D eigenvalue weighted by molar-refractivity contribution is -0.139. The van der Waals surface area contributed by atoms with Gasteiger partial charge in [0.15, 0.2) is 5.82 Å². The topological polar surface area (TPSA) is 61.4 Å². The number of halogens is 4. The third kappa shape index (κ3) is 4.93. The number of rotatable bonds is 3. The molecular formula is C26H21F4N5O. The zero-order valence-electron chi connectivity index (χ0n) is 19.0. The summed E-state index contributed by atoms with van der Waals surface area (Å²) in [5.41, 5.74) is 0.172. The van der Waals surface area contributed by atoms with Gasteiger partial charge in [-0.3, -0.25) is 0 Å². The van der Waals surface area contributed by atoms with Crippen LogP contribution in [0.5, 0.6) is 0 Å². The standard InChI is InChI=1S/C26H21F4N5O/c27-22-8-7-20(16-21(22)26(28,29)30)31-25(36)35-13-11-34(12-14-35)24-10-9-23(32-33-24)19-6-5-17-3-1-2-4-18(17)15-19/h1-10,15-16H,11-14H2,(H,31,36). The van der Waals surface area contributed by atoms with E-state index in [1.165, 1.54) is 4.90 Å². The van der Waals surface area contributed by atoms with Crippen LogP contribution >= 0.6 is 0 Å². The first-order valence-electron chi connectivity index (χ1n) is 11.3. The van der Waals surface area contributed by atoms with Gasteiger partial charge in [0.25, 0.3) is 0 Å². The Hall–Kier alpha value is -4.21. The highest BCUT2D eigenvalue weighted by Gasteiger charge is 2.34. The molecule has 0 radical (unpaired) electrons. The summed E-state index contributed by atoms with van der Waals surface area (Å²) in [4.78, 5) is 16.0. The fourth-order valence-electron chi connectivity index (χ4n) is 4.16. The number of carbonyl (C=O) groups is 1. The van der Waals surface area contributed by atoms with Gasteiger partial charge in [-0.2, -0.15) is 13.2 Å². The Balaban J connectivity index is 1.20. The molecule has 1 aliphatic heterocycles. The number of nitrogens with one attached hydrogen (secondary N) is 1. The Kier molecular flexibility index (Phi) is 6.17. The molecule has 4 aromatic rings. The second kappa shape index (κ2) is 9.44. The van der Waals surface area contributed by atoms with E-state index >= 15 is 0 Å². The second-order valence-corrected chi connectivity index (χ2v) is 8.44. The van der Waals surface area contributed by atoms with E-state index in [1.807, 2.05) is 53.4 Å². The molecular weight excluding hydrogens is 474 g/mol. The third-order valence-corrected chi connectivity index (χ3v) is 6.11. The lowest BCUT2D eigenvalue weighted by Gasteiger charge is -2.35. The summed E-state index contributed by atoms with van der Waals surface area (Å²) >= 11 is 0. The Morgan fingerprint density at radius 2 is 1.58 bits per heavy atom. The van der Waals surface area contributed by atoms with Gasteiger partial charge in [-0.15, -0.1) is 10.2 Å². The third-order valence-electron chi connectivity index (χ3n) is 6.11. The molecule has 6 nitrogen and oxygen atoms in total. The number of nitrogens with zero attached hydrogens (tertiary/aromatic N) is 4. The minimum atomic E-state index is -4.85. The molecule has 0 aliphatic carbocycles. The van der Waals surface area contributed by atoms with Crippen molar-refractivity contribution in [3.8, 4) is 11.3 Å². The fraction of sp³-hybridized carbons (Fsp3) is 0.192. The van der Waals surface area contributed by atoms with Gasteiger partial charge in [-0.25, -0.2) is 9.18 Å². The van der Waals surface area contributed by atoms with Crippen LogP contribution < -0.4 is 10.2 Å². The van der Waals surface area contributed by atoms with Gasteiger partial charge in [-0.05, 0) is 47.2 Å². The van der Waals surface area contributed by atoms with E-state index in [0.717, 1.165) is 28.1 Å². The van der Waals surface area contributed by atoms with Crippen LogP contribution in [-0.4, -0.2) is 47.3 Å². The fourth-order valence-corrected chi connectivity index (χ4v) is 4.16. The van der Waals surface area contributed by atoms with Crippen molar-refractivity contribution < 1.29 is 22.4 Å². The van der Waals surface area contributed by atoms with Crippen LogP contribution in [0.2, 0.25) is 0 Å². The van der Waals surface area contributed by atoms with Gasteiger partial charge in [0.2, 0.25) is 0 Å². The summed E-state index contributed by atoms with van der Waals surface area (Å²) in [6, 6.07) is 19.8. The number of anilines is 2. The van der Waals surface area contributed by atoms with Crippen LogP contribution in [0.1, 0.15) is 5.56 Å². The van der Waals surface area contributed by atoms with Gasteiger partial charge < -0.3 is 15.1 Å². The highest BCUT2D eigenvalue weighted by atomic mass is 19.4. The highest BCUT2D eigenvalue weighted by molar-refractivity contribution is 5.89. The molecule has 1 fully saturated rings. The van der Waals surface area contributed by atoms with Crippen molar-refractivity contribution in [1.82, 2.24) is 15.1 Å². The first-order valence-corrected chi connectivity index (χ1v) is 11.3. The Morgan fingerprint density at radius 3 is 2.28 bits per heavy atom. The number of benzene rings is 3. The molecule has 0 unspecified atom stereocenters. The Labute approximate surface area is 204 Å². The van der Waals surface area contributed by atoms with E-state index in [1.54, 1.807) is 0 Å². The minimum Gasteiger partial charge on any atom is -0.352 e. The molecule has 1 aromatic heterocycles. The van der Waals surface area contributed by atoms with Gasteiger partial charge >= 0.3 is 12.2 Å². The summed E-state index contributed by atoms with van der Waals surface area (Å²) in [6.45, 7) is 1.64. The van der Waals surface area contributed by atoms with Crippen LogP contribution in [0.3, 0.4) is 0 Å². The minimum absolute atomic E-state index is 0.119. The number of hydrogen-bond donors (Lipinski definition) is 1. The van der Waals surface area contributed by atoms with Crippen molar-refractivity contribution in [1.29, 1.82) is 0 Å². The largest absolute Gasteiger partial charge is 0.419 e. The first-order chi connectivity index (χ1) is 17.3. The van der Waals surface area contributed by atoms with E-state index < -0.39 is 23.6 Å². The number of piperazine rings is 1.